The summed E-state index contributed by atoms with van der Waals surface area (Å²) in [7, 11) is 0. The van der Waals surface area contributed by atoms with Crippen LogP contribution in [-0.2, 0) is 13.1 Å². The van der Waals surface area contributed by atoms with Crippen LogP contribution in [0.2, 0.25) is 0 Å². The Morgan fingerprint density at radius 3 is 2.76 bits per heavy atom. The average Bonchev–Trinajstić information content (AvgIpc) is 2.89. The van der Waals surface area contributed by atoms with Gasteiger partial charge in [-0.05, 0) is 24.6 Å². The minimum Gasteiger partial charge on any atom is -0.486 e. The number of halogens is 1. The Labute approximate surface area is 211 Å². The van der Waals surface area contributed by atoms with E-state index in [0.29, 0.717) is 74.0 Å². The van der Waals surface area contributed by atoms with Crippen molar-refractivity contribution < 1.29 is 28.9 Å². The highest BCUT2D eigenvalue weighted by Crippen LogP contribution is 2.30. The van der Waals surface area contributed by atoms with Crippen LogP contribution < -0.4 is 15.0 Å². The van der Waals surface area contributed by atoms with E-state index in [-0.39, 0.29) is 24.6 Å². The van der Waals surface area contributed by atoms with Gasteiger partial charge >= 0.3 is 6.09 Å². The fraction of sp³-hybridized carbons (Fsp3) is 0.440. The van der Waals surface area contributed by atoms with Crippen molar-refractivity contribution in [3.8, 4) is 11.5 Å². The zero-order valence-corrected chi connectivity index (χ0v) is 20.1. The number of piperidine rings is 1. The smallest absolute Gasteiger partial charge is 0.407 e. The van der Waals surface area contributed by atoms with Crippen LogP contribution in [0.4, 0.5) is 9.18 Å². The molecule has 11 nitrogen and oxygen atoms in total. The maximum absolute atomic E-state index is 13.8. The van der Waals surface area contributed by atoms with E-state index in [1.165, 1.54) is 40.1 Å². The zero-order chi connectivity index (χ0) is 25.9. The number of hydrogen-bond donors (Lipinski definition) is 2. The largest absolute Gasteiger partial charge is 0.486 e. The number of ether oxygens (including phenoxy) is 2. The number of pyridine rings is 1. The Kier molecular flexibility index (Phi) is 7.19. The molecule has 37 heavy (non-hydrogen) atoms. The first-order chi connectivity index (χ1) is 17.9. The SMILES string of the molecule is O=C(O)N(Cc1cc2c(cn1)OCCO2)CC1CN(CCn2c(=O)cnc3ccc(F)cc32)CCC1O. The number of aliphatic hydroxyl groups is 1. The van der Waals surface area contributed by atoms with Crippen molar-refractivity contribution in [3.05, 3.63) is 58.5 Å². The number of aromatic nitrogens is 3. The highest BCUT2D eigenvalue weighted by Gasteiger charge is 2.31. The molecule has 0 bridgehead atoms. The highest BCUT2D eigenvalue weighted by atomic mass is 19.1. The van der Waals surface area contributed by atoms with Crippen LogP contribution in [0.3, 0.4) is 0 Å². The number of fused-ring (bicyclic) bond motifs is 2. The minimum absolute atomic E-state index is 0.0408. The molecule has 1 amide bonds. The lowest BCUT2D eigenvalue weighted by Gasteiger charge is -2.38. The van der Waals surface area contributed by atoms with Gasteiger partial charge in [0, 0.05) is 44.7 Å². The van der Waals surface area contributed by atoms with E-state index >= 15 is 0 Å². The Hall–Kier alpha value is -3.77. The summed E-state index contributed by atoms with van der Waals surface area (Å²) in [5, 5.41) is 20.5. The second kappa shape index (κ2) is 10.7. The lowest BCUT2D eigenvalue weighted by atomic mass is 9.94. The van der Waals surface area contributed by atoms with Crippen molar-refractivity contribution in [1.29, 1.82) is 0 Å². The van der Waals surface area contributed by atoms with E-state index in [9.17, 15) is 24.2 Å². The van der Waals surface area contributed by atoms with Crippen LogP contribution in [0.25, 0.3) is 11.0 Å². The average molecular weight is 514 g/mol. The summed E-state index contributed by atoms with van der Waals surface area (Å²) in [5.41, 5.74) is 1.14. The van der Waals surface area contributed by atoms with Crippen LogP contribution in [0.1, 0.15) is 12.1 Å². The molecule has 2 aliphatic heterocycles. The van der Waals surface area contributed by atoms with Crippen LogP contribution in [0, 0.1) is 11.7 Å². The van der Waals surface area contributed by atoms with Crippen LogP contribution in [0.5, 0.6) is 11.5 Å². The molecule has 5 rings (SSSR count). The van der Waals surface area contributed by atoms with Gasteiger partial charge in [0.15, 0.2) is 11.5 Å². The van der Waals surface area contributed by atoms with Gasteiger partial charge in [-0.2, -0.15) is 0 Å². The molecule has 0 saturated carbocycles. The summed E-state index contributed by atoms with van der Waals surface area (Å²) in [6, 6.07) is 5.80. The molecule has 1 saturated heterocycles. The first-order valence-corrected chi connectivity index (χ1v) is 12.2. The van der Waals surface area contributed by atoms with Crippen molar-refractivity contribution in [1.82, 2.24) is 24.3 Å². The van der Waals surface area contributed by atoms with Gasteiger partial charge in [0.25, 0.3) is 5.56 Å². The maximum atomic E-state index is 13.8. The molecule has 3 aromatic rings. The number of nitrogens with zero attached hydrogens (tertiary/aromatic N) is 5. The van der Waals surface area contributed by atoms with Gasteiger partial charge in [0.2, 0.25) is 0 Å². The molecule has 2 N–H and O–H groups in total. The summed E-state index contributed by atoms with van der Waals surface area (Å²) in [6.07, 6.45) is 1.45. The number of carbonyl (C=O) groups is 1. The van der Waals surface area contributed by atoms with E-state index in [1.54, 1.807) is 6.07 Å². The zero-order valence-electron chi connectivity index (χ0n) is 20.1. The summed E-state index contributed by atoms with van der Waals surface area (Å²) in [5.74, 6) is 0.282. The molecular formula is C25H28FN5O6. The Balaban J connectivity index is 1.25. The Morgan fingerprint density at radius 1 is 1.14 bits per heavy atom. The predicted molar refractivity (Wildman–Crippen MR) is 130 cm³/mol. The van der Waals surface area contributed by atoms with Gasteiger partial charge in [-0.1, -0.05) is 0 Å². The van der Waals surface area contributed by atoms with E-state index < -0.39 is 18.0 Å². The van der Waals surface area contributed by atoms with Gasteiger partial charge in [-0.15, -0.1) is 0 Å². The van der Waals surface area contributed by atoms with Gasteiger partial charge < -0.3 is 34.1 Å². The monoisotopic (exact) mass is 513 g/mol. The van der Waals surface area contributed by atoms with Crippen molar-refractivity contribution in [2.45, 2.75) is 25.6 Å². The van der Waals surface area contributed by atoms with Gasteiger partial charge in [0.1, 0.15) is 19.0 Å². The first-order valence-electron chi connectivity index (χ1n) is 12.2. The molecule has 1 fully saturated rings. The lowest BCUT2D eigenvalue weighted by Crippen LogP contribution is -2.49. The molecule has 196 valence electrons. The first kappa shape index (κ1) is 24.9. The molecule has 0 radical (unpaired) electrons. The number of benzene rings is 1. The van der Waals surface area contributed by atoms with Crippen LogP contribution in [-0.4, -0.2) is 86.1 Å². The third-order valence-electron chi connectivity index (χ3n) is 6.79. The molecule has 2 unspecified atom stereocenters. The summed E-state index contributed by atoms with van der Waals surface area (Å²) in [4.78, 5) is 36.2. The molecular weight excluding hydrogens is 485 g/mol. The summed E-state index contributed by atoms with van der Waals surface area (Å²) in [6.45, 7) is 2.86. The predicted octanol–water partition coefficient (Wildman–Crippen LogP) is 1.56. The topological polar surface area (TPSA) is 130 Å². The lowest BCUT2D eigenvalue weighted by molar-refractivity contribution is 0.00915. The second-order valence-electron chi connectivity index (χ2n) is 9.28. The fourth-order valence-electron chi connectivity index (χ4n) is 4.85. The Bertz CT molecular complexity index is 1350. The van der Waals surface area contributed by atoms with Crippen LogP contribution >= 0.6 is 0 Å². The fourth-order valence-corrected chi connectivity index (χ4v) is 4.85. The number of amides is 1. The van der Waals surface area contributed by atoms with Crippen molar-refractivity contribution in [3.63, 3.8) is 0 Å². The van der Waals surface area contributed by atoms with Crippen molar-refractivity contribution >= 4 is 17.1 Å². The number of aliphatic hydroxyl groups excluding tert-OH is 1. The second-order valence-corrected chi connectivity index (χ2v) is 9.28. The van der Waals surface area contributed by atoms with E-state index in [1.807, 2.05) is 0 Å². The van der Waals surface area contributed by atoms with E-state index in [0.717, 1.165) is 0 Å². The molecule has 2 aliphatic rings. The molecule has 2 aromatic heterocycles. The minimum atomic E-state index is -1.11. The number of rotatable bonds is 7. The number of carboxylic acid groups (broad SMARTS) is 1. The number of likely N-dealkylation sites (tertiary alicyclic amines) is 1. The summed E-state index contributed by atoms with van der Waals surface area (Å²) >= 11 is 0. The Morgan fingerprint density at radius 2 is 1.95 bits per heavy atom. The number of hydrogen-bond acceptors (Lipinski definition) is 8. The third-order valence-corrected chi connectivity index (χ3v) is 6.79. The highest BCUT2D eigenvalue weighted by molar-refractivity contribution is 5.74. The molecule has 0 spiro atoms. The van der Waals surface area contributed by atoms with Gasteiger partial charge in [0.05, 0.1) is 41.8 Å². The maximum Gasteiger partial charge on any atom is 0.407 e. The van der Waals surface area contributed by atoms with E-state index in [4.69, 9.17) is 9.47 Å². The summed E-state index contributed by atoms with van der Waals surface area (Å²) < 4.78 is 26.3. The van der Waals surface area contributed by atoms with Gasteiger partial charge in [-0.25, -0.2) is 14.2 Å². The molecule has 1 aromatic carbocycles. The quantitative estimate of drug-likeness (QED) is 0.483. The van der Waals surface area contributed by atoms with Crippen LogP contribution in [0.15, 0.2) is 41.5 Å². The standard InChI is InChI=1S/C25H28FN5O6/c26-17-1-2-19-20(9-17)31(24(33)12-28-19)6-5-29-4-3-21(32)16(13-29)14-30(25(34)35)15-18-10-22-23(11-27-18)37-8-7-36-22/h1-2,9-12,16,21,32H,3-8,13-15H2,(H,34,35). The molecule has 4 heterocycles. The van der Waals surface area contributed by atoms with Crippen molar-refractivity contribution in [2.75, 3.05) is 39.4 Å². The molecule has 2 atom stereocenters. The van der Waals surface area contributed by atoms with Gasteiger partial charge in [-0.3, -0.25) is 9.78 Å². The third kappa shape index (κ3) is 5.65. The molecule has 0 aliphatic carbocycles. The van der Waals surface area contributed by atoms with E-state index in [2.05, 4.69) is 14.9 Å². The normalized spacial score (nSPS) is 19.6. The molecule has 12 heteroatoms. The van der Waals surface area contributed by atoms with Crippen molar-refractivity contribution in [2.24, 2.45) is 5.92 Å².